The first-order valence-corrected chi connectivity index (χ1v) is 7.32. The number of hydrogen-bond acceptors (Lipinski definition) is 4. The van der Waals surface area contributed by atoms with Crippen molar-refractivity contribution in [2.24, 2.45) is 0 Å². The van der Waals surface area contributed by atoms with Crippen molar-refractivity contribution in [2.45, 2.75) is 29.4 Å². The Kier molecular flexibility index (Phi) is 5.52. The highest BCUT2D eigenvalue weighted by Gasteiger charge is 2.49. The molecule has 0 spiro atoms. The van der Waals surface area contributed by atoms with Gasteiger partial charge < -0.3 is 10.2 Å². The summed E-state index contributed by atoms with van der Waals surface area (Å²) in [5.74, 6) is -2.37. The van der Waals surface area contributed by atoms with Crippen LogP contribution < -0.4 is 4.72 Å². The number of rotatable bonds is 5. The van der Waals surface area contributed by atoms with Gasteiger partial charge in [0.2, 0.25) is 10.0 Å². The first-order chi connectivity index (χ1) is 10.7. The number of nitrogens with one attached hydrogen (secondary N) is 1. The summed E-state index contributed by atoms with van der Waals surface area (Å²) < 4.78 is 100. The molecule has 2 atom stereocenters. The smallest absolute Gasteiger partial charge is 0.416 e. The molecule has 0 aliphatic rings. The normalized spacial score (nSPS) is 15.8. The Morgan fingerprint density at radius 1 is 1.12 bits per heavy atom. The van der Waals surface area contributed by atoms with E-state index in [1.54, 1.807) is 0 Å². The number of aliphatic carboxylic acids is 1. The third-order valence-electron chi connectivity index (χ3n) is 2.68. The number of carboxylic acid groups (broad SMARTS) is 1. The van der Waals surface area contributed by atoms with Crippen LogP contribution in [0.15, 0.2) is 29.2 Å². The highest BCUT2D eigenvalue weighted by molar-refractivity contribution is 7.89. The average Bonchev–Trinajstić information content (AvgIpc) is 2.42. The van der Waals surface area contributed by atoms with Gasteiger partial charge in [0.15, 0.2) is 12.1 Å². The second kappa shape index (κ2) is 6.57. The van der Waals surface area contributed by atoms with Gasteiger partial charge in [-0.1, -0.05) is 6.07 Å². The third-order valence-corrected chi connectivity index (χ3v) is 4.11. The lowest BCUT2D eigenvalue weighted by molar-refractivity contribution is -0.185. The number of carbonyl (C=O) groups is 1. The van der Waals surface area contributed by atoms with Crippen LogP contribution in [-0.4, -0.2) is 42.9 Å². The number of carboxylic acids is 1. The zero-order valence-corrected chi connectivity index (χ0v) is 12.1. The fraction of sp³-hybridized carbons (Fsp3) is 0.364. The quantitative estimate of drug-likeness (QED) is 0.669. The summed E-state index contributed by atoms with van der Waals surface area (Å²) in [6.07, 6.45) is -13.6. The number of sulfonamides is 1. The third kappa shape index (κ3) is 4.82. The van der Waals surface area contributed by atoms with Crippen LogP contribution in [0.3, 0.4) is 0 Å². The van der Waals surface area contributed by atoms with E-state index in [-0.39, 0.29) is 6.07 Å². The predicted molar refractivity (Wildman–Crippen MR) is 65.3 cm³/mol. The molecule has 6 nitrogen and oxygen atoms in total. The van der Waals surface area contributed by atoms with Gasteiger partial charge in [-0.25, -0.2) is 13.2 Å². The largest absolute Gasteiger partial charge is 0.479 e. The molecule has 0 heterocycles. The molecule has 0 amide bonds. The molecule has 3 N–H and O–H groups in total. The monoisotopic (exact) mass is 381 g/mol. The Balaban J connectivity index is 3.27. The maximum Gasteiger partial charge on any atom is 0.416 e. The lowest BCUT2D eigenvalue weighted by Gasteiger charge is -2.23. The number of aliphatic hydroxyl groups excluding tert-OH is 1. The van der Waals surface area contributed by atoms with Gasteiger partial charge in [-0.3, -0.25) is 0 Å². The molecular weight excluding hydrogens is 372 g/mol. The molecule has 0 bridgehead atoms. The van der Waals surface area contributed by atoms with Crippen molar-refractivity contribution in [3.8, 4) is 0 Å². The van der Waals surface area contributed by atoms with Crippen LogP contribution in [0.2, 0.25) is 0 Å². The molecule has 136 valence electrons. The van der Waals surface area contributed by atoms with Crippen LogP contribution in [0.25, 0.3) is 0 Å². The number of hydrogen-bond donors (Lipinski definition) is 3. The summed E-state index contributed by atoms with van der Waals surface area (Å²) >= 11 is 0. The molecule has 24 heavy (non-hydrogen) atoms. The Hall–Kier alpha value is -1.86. The van der Waals surface area contributed by atoms with Gasteiger partial charge in [-0.05, 0) is 18.2 Å². The van der Waals surface area contributed by atoms with Gasteiger partial charge in [0, 0.05) is 0 Å². The Morgan fingerprint density at radius 2 is 1.67 bits per heavy atom. The number of aliphatic hydroxyl groups is 1. The molecule has 1 aromatic carbocycles. The molecule has 0 saturated heterocycles. The van der Waals surface area contributed by atoms with E-state index in [0.29, 0.717) is 18.2 Å². The summed E-state index contributed by atoms with van der Waals surface area (Å²) in [4.78, 5) is 9.29. The van der Waals surface area contributed by atoms with Crippen molar-refractivity contribution < 1.29 is 49.8 Å². The summed E-state index contributed by atoms with van der Waals surface area (Å²) in [6.45, 7) is 0. The van der Waals surface area contributed by atoms with Crippen LogP contribution in [0.1, 0.15) is 5.56 Å². The SMILES string of the molecule is O=C(O)[C@@H](O)[C@@H](NS(=O)(=O)c1cccc(C(F)(F)F)c1)C(F)(F)F. The molecule has 0 aliphatic carbocycles. The molecule has 1 aromatic rings. The van der Waals surface area contributed by atoms with Gasteiger partial charge in [0.1, 0.15) is 0 Å². The highest BCUT2D eigenvalue weighted by atomic mass is 32.2. The molecule has 0 aliphatic heterocycles. The van der Waals surface area contributed by atoms with Crippen molar-refractivity contribution in [3.63, 3.8) is 0 Å². The van der Waals surface area contributed by atoms with E-state index >= 15 is 0 Å². The van der Waals surface area contributed by atoms with Gasteiger partial charge in [0.25, 0.3) is 0 Å². The van der Waals surface area contributed by atoms with Gasteiger partial charge in [-0.15, -0.1) is 0 Å². The molecule has 0 unspecified atom stereocenters. The van der Waals surface area contributed by atoms with Crippen LogP contribution >= 0.6 is 0 Å². The van der Waals surface area contributed by atoms with Gasteiger partial charge in [-0.2, -0.15) is 31.1 Å². The second-order valence-corrected chi connectivity index (χ2v) is 6.16. The lowest BCUT2D eigenvalue weighted by atomic mass is 10.2. The molecular formula is C11H9F6NO5S. The van der Waals surface area contributed by atoms with E-state index in [4.69, 9.17) is 10.2 Å². The van der Waals surface area contributed by atoms with Gasteiger partial charge >= 0.3 is 18.3 Å². The number of halogens is 6. The Labute approximate surface area is 130 Å². The first-order valence-electron chi connectivity index (χ1n) is 5.83. The number of benzene rings is 1. The molecule has 1 rings (SSSR count). The molecule has 13 heteroatoms. The molecule has 0 saturated carbocycles. The summed E-state index contributed by atoms with van der Waals surface area (Å²) in [5.41, 5.74) is -1.44. The Morgan fingerprint density at radius 3 is 2.08 bits per heavy atom. The van der Waals surface area contributed by atoms with E-state index in [9.17, 15) is 39.6 Å². The fourth-order valence-corrected chi connectivity index (χ4v) is 2.80. The van der Waals surface area contributed by atoms with Crippen LogP contribution in [0, 0.1) is 0 Å². The van der Waals surface area contributed by atoms with E-state index in [2.05, 4.69) is 0 Å². The topological polar surface area (TPSA) is 104 Å². The highest BCUT2D eigenvalue weighted by Crippen LogP contribution is 2.31. The maximum atomic E-state index is 12.7. The standard InChI is InChI=1S/C11H9F6NO5S/c12-10(13,14)5-2-1-3-6(4-5)24(22,23)18-8(11(15,16)17)7(19)9(20)21/h1-4,7-8,18-19H,(H,20,21)/t7-,8+/m0/s1. The van der Waals surface area contributed by atoms with E-state index in [1.807, 2.05) is 0 Å². The van der Waals surface area contributed by atoms with Crippen LogP contribution in [-0.2, 0) is 21.0 Å². The van der Waals surface area contributed by atoms with Crippen molar-refractivity contribution >= 4 is 16.0 Å². The Bertz CT molecular complexity index is 714. The van der Waals surface area contributed by atoms with Crippen molar-refractivity contribution in [3.05, 3.63) is 29.8 Å². The summed E-state index contributed by atoms with van der Waals surface area (Å²) in [7, 11) is -5.20. The fourth-order valence-electron chi connectivity index (χ4n) is 1.53. The van der Waals surface area contributed by atoms with E-state index < -0.39 is 50.9 Å². The van der Waals surface area contributed by atoms with Crippen molar-refractivity contribution in [2.75, 3.05) is 0 Å². The van der Waals surface area contributed by atoms with Crippen LogP contribution in [0.4, 0.5) is 26.3 Å². The zero-order chi connectivity index (χ0) is 18.9. The van der Waals surface area contributed by atoms with E-state index in [0.717, 1.165) is 4.72 Å². The van der Waals surface area contributed by atoms with Crippen molar-refractivity contribution in [1.82, 2.24) is 4.72 Å². The van der Waals surface area contributed by atoms with Crippen LogP contribution in [0.5, 0.6) is 0 Å². The van der Waals surface area contributed by atoms with Crippen molar-refractivity contribution in [1.29, 1.82) is 0 Å². The molecule has 0 fully saturated rings. The molecule has 0 radical (unpaired) electrons. The minimum Gasteiger partial charge on any atom is -0.479 e. The minimum atomic E-state index is -5.51. The lowest BCUT2D eigenvalue weighted by Crippen LogP contribution is -2.55. The summed E-state index contributed by atoms with van der Waals surface area (Å²) in [5, 5.41) is 17.4. The molecule has 0 aromatic heterocycles. The second-order valence-electron chi connectivity index (χ2n) is 4.45. The average molecular weight is 381 g/mol. The predicted octanol–water partition coefficient (Wildman–Crippen LogP) is 1.36. The van der Waals surface area contributed by atoms with E-state index in [1.165, 1.54) is 0 Å². The maximum absolute atomic E-state index is 12.7. The number of alkyl halides is 6. The van der Waals surface area contributed by atoms with Gasteiger partial charge in [0.05, 0.1) is 10.5 Å². The zero-order valence-electron chi connectivity index (χ0n) is 11.3. The summed E-state index contributed by atoms with van der Waals surface area (Å²) in [6, 6.07) is -1.66. The first kappa shape index (κ1) is 20.2. The minimum absolute atomic E-state index is 0.0723.